The number of nitrogens with zero attached hydrogens (tertiary/aromatic N) is 1. The van der Waals surface area contributed by atoms with Gasteiger partial charge in [0, 0.05) is 36.6 Å². The summed E-state index contributed by atoms with van der Waals surface area (Å²) >= 11 is 23.0. The number of rotatable bonds is 2. The number of hydrogen-bond donors (Lipinski definition) is 0. The van der Waals surface area contributed by atoms with Crippen molar-refractivity contribution in [2.75, 3.05) is 0 Å². The lowest BCUT2D eigenvalue weighted by Crippen LogP contribution is -1.93. The summed E-state index contributed by atoms with van der Waals surface area (Å²) in [6.07, 6.45) is 0. The lowest BCUT2D eigenvalue weighted by molar-refractivity contribution is 1.39. The van der Waals surface area contributed by atoms with E-state index in [9.17, 15) is 0 Å². The Balaban J connectivity index is 2.11. The van der Waals surface area contributed by atoms with Gasteiger partial charge < -0.3 is 0 Å². The van der Waals surface area contributed by atoms with Crippen LogP contribution in [0.2, 0.25) is 15.1 Å². The molecule has 0 amide bonds. The zero-order chi connectivity index (χ0) is 18.3. The SMILES string of the molecule is Clc1ccc2nc(-c3ccc(Br)cc3)c(Cl)c(-c3ccccc3Cl)c2c1. The molecule has 26 heavy (non-hydrogen) atoms. The van der Waals surface area contributed by atoms with Crippen LogP contribution in [0.4, 0.5) is 0 Å². The highest BCUT2D eigenvalue weighted by Crippen LogP contribution is 2.43. The lowest BCUT2D eigenvalue weighted by Gasteiger charge is -2.15. The monoisotopic (exact) mass is 461 g/mol. The van der Waals surface area contributed by atoms with Crippen molar-refractivity contribution in [2.45, 2.75) is 0 Å². The van der Waals surface area contributed by atoms with E-state index in [1.807, 2.05) is 66.7 Å². The van der Waals surface area contributed by atoms with Gasteiger partial charge in [-0.1, -0.05) is 81.1 Å². The van der Waals surface area contributed by atoms with Crippen LogP contribution >= 0.6 is 50.7 Å². The van der Waals surface area contributed by atoms with Gasteiger partial charge >= 0.3 is 0 Å². The molecule has 0 saturated carbocycles. The Hall–Kier alpha value is -1.58. The van der Waals surface area contributed by atoms with Gasteiger partial charge in [-0.3, -0.25) is 0 Å². The Bertz CT molecular complexity index is 1120. The van der Waals surface area contributed by atoms with Crippen LogP contribution in [0.1, 0.15) is 0 Å². The van der Waals surface area contributed by atoms with E-state index < -0.39 is 0 Å². The predicted octanol–water partition coefficient (Wildman–Crippen LogP) is 8.29. The number of hydrogen-bond acceptors (Lipinski definition) is 1. The minimum absolute atomic E-state index is 0.551. The van der Waals surface area contributed by atoms with Crippen molar-refractivity contribution >= 4 is 61.6 Å². The van der Waals surface area contributed by atoms with Crippen LogP contribution in [0.25, 0.3) is 33.3 Å². The van der Waals surface area contributed by atoms with Crippen LogP contribution in [0.5, 0.6) is 0 Å². The molecule has 0 atom stereocenters. The minimum Gasteiger partial charge on any atom is -0.246 e. The van der Waals surface area contributed by atoms with Crippen LogP contribution < -0.4 is 0 Å². The Labute approximate surface area is 174 Å². The van der Waals surface area contributed by atoms with Crippen molar-refractivity contribution in [3.05, 3.63) is 86.3 Å². The standard InChI is InChI=1S/C21H11BrCl3N/c22-13-7-5-12(6-8-13)21-20(25)19(15-3-1-2-4-17(15)24)16-11-14(23)9-10-18(16)26-21/h1-11H. The molecule has 0 N–H and O–H groups in total. The maximum Gasteiger partial charge on any atom is 0.0902 e. The fraction of sp³-hybridized carbons (Fsp3) is 0. The molecule has 1 aromatic heterocycles. The number of aromatic nitrogens is 1. The summed E-state index contributed by atoms with van der Waals surface area (Å²) < 4.78 is 0.997. The molecule has 0 bridgehead atoms. The highest BCUT2D eigenvalue weighted by Gasteiger charge is 2.18. The van der Waals surface area contributed by atoms with Gasteiger partial charge in [0.25, 0.3) is 0 Å². The van der Waals surface area contributed by atoms with Gasteiger partial charge in [0.05, 0.1) is 16.2 Å². The zero-order valence-electron chi connectivity index (χ0n) is 13.3. The molecule has 4 rings (SSSR count). The van der Waals surface area contributed by atoms with Crippen LogP contribution in [-0.2, 0) is 0 Å². The zero-order valence-corrected chi connectivity index (χ0v) is 17.2. The molecular formula is C21H11BrCl3N. The third-order valence-electron chi connectivity index (χ3n) is 4.15. The third kappa shape index (κ3) is 3.23. The van der Waals surface area contributed by atoms with Crippen molar-refractivity contribution in [1.82, 2.24) is 4.98 Å². The average Bonchev–Trinajstić information content (AvgIpc) is 2.63. The van der Waals surface area contributed by atoms with Gasteiger partial charge in [0.1, 0.15) is 0 Å². The van der Waals surface area contributed by atoms with Crippen molar-refractivity contribution in [1.29, 1.82) is 0 Å². The van der Waals surface area contributed by atoms with Crippen molar-refractivity contribution in [2.24, 2.45) is 0 Å². The van der Waals surface area contributed by atoms with Gasteiger partial charge in [0.2, 0.25) is 0 Å². The first kappa shape index (κ1) is 17.8. The van der Waals surface area contributed by atoms with E-state index in [1.54, 1.807) is 0 Å². The first-order chi connectivity index (χ1) is 12.5. The average molecular weight is 464 g/mol. The second kappa shape index (κ2) is 7.21. The molecule has 0 aliphatic heterocycles. The van der Waals surface area contributed by atoms with Gasteiger partial charge in [0.15, 0.2) is 0 Å². The van der Waals surface area contributed by atoms with Crippen molar-refractivity contribution < 1.29 is 0 Å². The fourth-order valence-electron chi connectivity index (χ4n) is 2.94. The van der Waals surface area contributed by atoms with Gasteiger partial charge in [-0.05, 0) is 36.4 Å². The molecule has 0 spiro atoms. The number of pyridine rings is 1. The highest BCUT2D eigenvalue weighted by atomic mass is 79.9. The molecule has 0 aliphatic rings. The van der Waals surface area contributed by atoms with E-state index in [1.165, 1.54) is 0 Å². The number of fused-ring (bicyclic) bond motifs is 1. The fourth-order valence-corrected chi connectivity index (χ4v) is 3.96. The predicted molar refractivity (Wildman–Crippen MR) is 115 cm³/mol. The van der Waals surface area contributed by atoms with E-state index in [0.717, 1.165) is 32.1 Å². The topological polar surface area (TPSA) is 12.9 Å². The van der Waals surface area contributed by atoms with E-state index in [-0.39, 0.29) is 0 Å². The van der Waals surface area contributed by atoms with Gasteiger partial charge in [-0.15, -0.1) is 0 Å². The molecule has 128 valence electrons. The maximum atomic E-state index is 6.84. The lowest BCUT2D eigenvalue weighted by atomic mass is 9.98. The summed E-state index contributed by atoms with van der Waals surface area (Å²) in [6, 6.07) is 21.1. The Morgan fingerprint density at radius 2 is 1.54 bits per heavy atom. The molecule has 1 heterocycles. The molecule has 4 aromatic rings. The molecule has 0 fully saturated rings. The number of halogens is 4. The Morgan fingerprint density at radius 1 is 0.808 bits per heavy atom. The van der Waals surface area contributed by atoms with Crippen LogP contribution in [0.15, 0.2) is 71.2 Å². The number of benzene rings is 3. The van der Waals surface area contributed by atoms with Crippen LogP contribution in [-0.4, -0.2) is 4.98 Å². The van der Waals surface area contributed by atoms with E-state index in [4.69, 9.17) is 39.8 Å². The van der Waals surface area contributed by atoms with Crippen LogP contribution in [0.3, 0.4) is 0 Å². The smallest absolute Gasteiger partial charge is 0.0902 e. The van der Waals surface area contributed by atoms with E-state index >= 15 is 0 Å². The molecular weight excluding hydrogens is 453 g/mol. The second-order valence-corrected chi connectivity index (χ2v) is 7.93. The normalized spacial score (nSPS) is 11.1. The largest absolute Gasteiger partial charge is 0.246 e. The summed E-state index contributed by atoms with van der Waals surface area (Å²) in [7, 11) is 0. The molecule has 0 unspecified atom stereocenters. The van der Waals surface area contributed by atoms with Crippen molar-refractivity contribution in [3.63, 3.8) is 0 Å². The van der Waals surface area contributed by atoms with Crippen molar-refractivity contribution in [3.8, 4) is 22.4 Å². The van der Waals surface area contributed by atoms with E-state index in [0.29, 0.717) is 20.8 Å². The van der Waals surface area contributed by atoms with E-state index in [2.05, 4.69) is 15.9 Å². The first-order valence-corrected chi connectivity index (χ1v) is 9.77. The highest BCUT2D eigenvalue weighted by molar-refractivity contribution is 9.10. The minimum atomic E-state index is 0.551. The van der Waals surface area contributed by atoms with Gasteiger partial charge in [-0.2, -0.15) is 0 Å². The summed E-state index contributed by atoms with van der Waals surface area (Å²) in [5.74, 6) is 0. The molecule has 5 heteroatoms. The van der Waals surface area contributed by atoms with Crippen LogP contribution in [0, 0.1) is 0 Å². The maximum absolute atomic E-state index is 6.84. The molecule has 0 aliphatic carbocycles. The first-order valence-electron chi connectivity index (χ1n) is 7.84. The summed E-state index contributed by atoms with van der Waals surface area (Å²) in [5.41, 5.74) is 4.15. The molecule has 0 radical (unpaired) electrons. The Kier molecular flexibility index (Phi) is 4.94. The molecule has 1 nitrogen and oxygen atoms in total. The quantitative estimate of drug-likeness (QED) is 0.291. The van der Waals surface area contributed by atoms with Gasteiger partial charge in [-0.25, -0.2) is 4.98 Å². The molecule has 3 aromatic carbocycles. The second-order valence-electron chi connectivity index (χ2n) is 5.80. The summed E-state index contributed by atoms with van der Waals surface area (Å²) in [4.78, 5) is 4.78. The Morgan fingerprint density at radius 3 is 2.27 bits per heavy atom. The summed E-state index contributed by atoms with van der Waals surface area (Å²) in [6.45, 7) is 0. The molecule has 0 saturated heterocycles. The third-order valence-corrected chi connectivity index (χ3v) is 5.61. The summed E-state index contributed by atoms with van der Waals surface area (Å²) in [5, 5.41) is 2.68.